The molecule has 21 N–H and O–H groups in total. The Morgan fingerprint density at radius 3 is 1.59 bits per heavy atom. The van der Waals surface area contributed by atoms with Gasteiger partial charge < -0.3 is 160 Å². The summed E-state index contributed by atoms with van der Waals surface area (Å²) < 4.78 is 63.1. The molecule has 6 saturated heterocycles. The van der Waals surface area contributed by atoms with E-state index >= 15 is 0 Å². The van der Waals surface area contributed by atoms with Crippen LogP contribution in [-0.4, -0.2) is 337 Å². The highest BCUT2D eigenvalue weighted by atomic mass is 16.8. The number of carbonyl (C=O) groups excluding carboxylic acids is 1. The van der Waals surface area contributed by atoms with Gasteiger partial charge in [0.1, 0.15) is 140 Å². The van der Waals surface area contributed by atoms with Gasteiger partial charge in [-0.3, -0.25) is 4.79 Å². The molecule has 0 aliphatic carbocycles. The molecule has 34 heteroatoms. The predicted molar refractivity (Wildman–Crippen MR) is 227 cm³/mol. The van der Waals surface area contributed by atoms with Crippen LogP contribution >= 0.6 is 0 Å². The highest BCUT2D eigenvalue weighted by Gasteiger charge is 2.61. The van der Waals surface area contributed by atoms with Gasteiger partial charge in [0, 0.05) is 13.3 Å². The number of ether oxygens (including phenoxy) is 11. The number of aliphatic carboxylic acids is 1. The Hall–Kier alpha value is -2.26. The lowest BCUT2D eigenvalue weighted by Gasteiger charge is -2.52. The van der Waals surface area contributed by atoms with Gasteiger partial charge in [0.25, 0.3) is 5.79 Å². The lowest BCUT2D eigenvalue weighted by Crippen LogP contribution is -2.72. The molecule has 75 heavy (non-hydrogen) atoms. The van der Waals surface area contributed by atoms with Crippen LogP contribution in [0.5, 0.6) is 0 Å². The van der Waals surface area contributed by atoms with Gasteiger partial charge in [0.05, 0.1) is 45.2 Å². The van der Waals surface area contributed by atoms with E-state index in [4.69, 9.17) is 52.1 Å². The van der Waals surface area contributed by atoms with Crippen molar-refractivity contribution in [2.24, 2.45) is 0 Å². The smallest absolute Gasteiger partial charge is 0.364 e. The van der Waals surface area contributed by atoms with E-state index in [1.165, 1.54) is 6.92 Å². The molecule has 0 aromatic rings. The van der Waals surface area contributed by atoms with Crippen molar-refractivity contribution in [2.45, 2.75) is 210 Å². The third kappa shape index (κ3) is 12.9. The fraction of sp³-hybridized carbons (Fsp3) is 0.951. The summed E-state index contributed by atoms with van der Waals surface area (Å²) in [5.74, 6) is -6.31. The minimum Gasteiger partial charge on any atom is -0.477 e. The molecule has 1 unspecified atom stereocenters. The van der Waals surface area contributed by atoms with Gasteiger partial charge in [0.15, 0.2) is 31.5 Å². The molecule has 34 nitrogen and oxygen atoms in total. The predicted octanol–water partition coefficient (Wildman–Crippen LogP) is -13.7. The van der Waals surface area contributed by atoms with Gasteiger partial charge in [-0.2, -0.15) is 0 Å². The number of amides is 1. The van der Waals surface area contributed by atoms with Crippen molar-refractivity contribution in [1.29, 1.82) is 0 Å². The van der Waals surface area contributed by atoms with Crippen molar-refractivity contribution in [3.63, 3.8) is 0 Å². The lowest BCUT2D eigenvalue weighted by atomic mass is 9.90. The fourth-order valence-corrected chi connectivity index (χ4v) is 9.53. The van der Waals surface area contributed by atoms with Crippen molar-refractivity contribution in [3.05, 3.63) is 0 Å². The number of carboxylic acids is 1. The number of nitrogens with one attached hydrogen (secondary N) is 1. The van der Waals surface area contributed by atoms with E-state index in [9.17, 15) is 112 Å². The van der Waals surface area contributed by atoms with E-state index in [1.807, 2.05) is 0 Å². The van der Waals surface area contributed by atoms with E-state index in [2.05, 4.69) is 5.32 Å². The second kappa shape index (κ2) is 25.9. The van der Waals surface area contributed by atoms with Crippen LogP contribution in [0.15, 0.2) is 0 Å². The van der Waals surface area contributed by atoms with E-state index in [1.54, 1.807) is 0 Å². The monoisotopic (exact) mass is 1100 g/mol. The number of aliphatic hydroxyl groups is 19. The molecular weight excluding hydrogens is 1030 g/mol. The van der Waals surface area contributed by atoms with E-state index in [-0.39, 0.29) is 0 Å². The molecule has 0 spiro atoms. The molecule has 436 valence electrons. The molecular formula is C41H69NO33. The molecule has 0 bridgehead atoms. The van der Waals surface area contributed by atoms with Gasteiger partial charge >= 0.3 is 5.97 Å². The van der Waals surface area contributed by atoms with Gasteiger partial charge in [-0.25, -0.2) is 4.79 Å². The Balaban J connectivity index is 1.36. The van der Waals surface area contributed by atoms with E-state index < -0.39 is 241 Å². The van der Waals surface area contributed by atoms with Gasteiger partial charge in [0.2, 0.25) is 5.91 Å². The summed E-state index contributed by atoms with van der Waals surface area (Å²) in [6.07, 6.45) is -60.4. The van der Waals surface area contributed by atoms with Crippen LogP contribution in [0.4, 0.5) is 0 Å². The second-order valence-electron chi connectivity index (χ2n) is 18.9. The van der Waals surface area contributed by atoms with Crippen LogP contribution in [0, 0.1) is 0 Å². The number of rotatable bonds is 19. The Kier molecular flexibility index (Phi) is 21.4. The van der Waals surface area contributed by atoms with Crippen molar-refractivity contribution in [2.75, 3.05) is 33.0 Å². The Morgan fingerprint density at radius 1 is 0.547 bits per heavy atom. The number of aliphatic hydroxyl groups excluding tert-OH is 19. The van der Waals surface area contributed by atoms with E-state index in [0.717, 1.165) is 6.92 Å². The van der Waals surface area contributed by atoms with Crippen LogP contribution < -0.4 is 5.32 Å². The lowest BCUT2D eigenvalue weighted by molar-refractivity contribution is -0.401. The molecule has 31 atom stereocenters. The zero-order valence-corrected chi connectivity index (χ0v) is 39.8. The van der Waals surface area contributed by atoms with Crippen molar-refractivity contribution >= 4 is 11.9 Å². The van der Waals surface area contributed by atoms with Gasteiger partial charge in [-0.05, 0) is 6.92 Å². The first-order valence-electron chi connectivity index (χ1n) is 23.6. The Morgan fingerprint density at radius 2 is 1.04 bits per heavy atom. The molecule has 0 aromatic carbocycles. The normalized spacial score (nSPS) is 49.7. The fourth-order valence-electron chi connectivity index (χ4n) is 9.53. The summed E-state index contributed by atoms with van der Waals surface area (Å²) in [6.45, 7) is -3.30. The zero-order valence-electron chi connectivity index (χ0n) is 39.8. The Labute approximate surface area is 423 Å². The first kappa shape index (κ1) is 61.9. The molecule has 6 fully saturated rings. The first-order valence-corrected chi connectivity index (χ1v) is 23.6. The van der Waals surface area contributed by atoms with E-state index in [0.29, 0.717) is 0 Å². The zero-order chi connectivity index (χ0) is 55.7. The summed E-state index contributed by atoms with van der Waals surface area (Å²) in [6, 6.07) is -1.94. The second-order valence-corrected chi connectivity index (χ2v) is 18.9. The number of hydrogen-bond donors (Lipinski definition) is 21. The molecule has 1 amide bonds. The van der Waals surface area contributed by atoms with Crippen LogP contribution in [0.3, 0.4) is 0 Å². The standard InChI is InChI=1S/C41H69NO33/c1-9-18(51)23(56)26(59)37(65-9)72-31-17(42-10(2)48)36(73-32-21(54)13(5-44)67-38(27(32)60)70-29-15(7-46)66-35(62)25(58)24(29)57)69-16(8-47)30(31)71-39-28(61)34(22(55)14(6-45)68-39)75-41(40(63)64)3-11(49)19(52)33(74-41)20(53)12(50)4-43/h9,11-39,43-47,49-62H,3-8H2,1-2H3,(H,42,48)(H,63,64)/t9-,11+,12-,13-,14-,15-,16-,17-,18-,19-,20-,21+,22+,23+,24-,25-,26+,27-,28-,29-,30-,31-,32+,33-,34+,35?,36+,37-,38+,39+,41+/m1/s1. The van der Waals surface area contributed by atoms with Gasteiger partial charge in [-0.1, -0.05) is 0 Å². The minimum absolute atomic E-state index is 0.941. The molecule has 0 aromatic heterocycles. The number of hydrogen-bond acceptors (Lipinski definition) is 32. The topological polar surface area (TPSA) is 552 Å². The third-order valence-electron chi connectivity index (χ3n) is 13.8. The highest BCUT2D eigenvalue weighted by molar-refractivity contribution is 5.76. The molecule has 6 aliphatic rings. The maximum absolute atomic E-state index is 13.1. The third-order valence-corrected chi connectivity index (χ3v) is 13.8. The summed E-state index contributed by atoms with van der Waals surface area (Å²) in [4.78, 5) is 26.0. The van der Waals surface area contributed by atoms with Gasteiger partial charge in [-0.15, -0.1) is 0 Å². The number of carboxylic acid groups (broad SMARTS) is 1. The van der Waals surface area contributed by atoms with Crippen molar-refractivity contribution < 1.29 is 164 Å². The summed E-state index contributed by atoms with van der Waals surface area (Å²) >= 11 is 0. The first-order chi connectivity index (χ1) is 35.3. The van der Waals surface area contributed by atoms with Crippen molar-refractivity contribution in [3.8, 4) is 0 Å². The van der Waals surface area contributed by atoms with Crippen LogP contribution in [0.2, 0.25) is 0 Å². The van der Waals surface area contributed by atoms with Crippen molar-refractivity contribution in [1.82, 2.24) is 5.32 Å². The highest BCUT2D eigenvalue weighted by Crippen LogP contribution is 2.40. The quantitative estimate of drug-likeness (QED) is 0.0571. The average molecular weight is 1100 g/mol. The average Bonchev–Trinajstić information content (AvgIpc) is 3.37. The minimum atomic E-state index is -3.24. The molecule has 0 saturated carbocycles. The van der Waals surface area contributed by atoms with Crippen LogP contribution in [0.25, 0.3) is 0 Å². The largest absolute Gasteiger partial charge is 0.477 e. The summed E-state index contributed by atoms with van der Waals surface area (Å²) in [5, 5.41) is 215. The maximum atomic E-state index is 13.1. The molecule has 6 rings (SSSR count). The van der Waals surface area contributed by atoms with Crippen LogP contribution in [-0.2, 0) is 61.7 Å². The number of carbonyl (C=O) groups is 2. The summed E-state index contributed by atoms with van der Waals surface area (Å²) in [7, 11) is 0. The molecule has 6 heterocycles. The molecule has 0 radical (unpaired) electrons. The van der Waals surface area contributed by atoms with Crippen LogP contribution in [0.1, 0.15) is 20.3 Å². The summed E-state index contributed by atoms with van der Waals surface area (Å²) in [5.41, 5.74) is 0. The maximum Gasteiger partial charge on any atom is 0.364 e. The SMILES string of the molecule is CC(=O)N[C@H]1[C@H](O[C@H]2[C@@H](O)[C@@H](CO)O[C@@H](O[C@H]3[C@H](O)[C@@H](O)C(O)O[C@@H]3CO)[C@@H]2O)O[C@H](CO)[C@@H](O[C@@H]2O[C@H](CO)[C@H](O)[C@H](O[C@]3(C(=O)O)C[C@H](O)[C@@H](O)[C@H]([C@H](O)[C@H](O)CO)O3)[C@H]2O)[C@@H]1O[C@H]1O[C@H](C)[C@@H](O)[C@H](O)[C@@H]1O. The molecule has 6 aliphatic heterocycles. The Bertz CT molecular complexity index is 1830.